The van der Waals surface area contributed by atoms with Crippen molar-refractivity contribution >= 4 is 5.78 Å². The minimum atomic E-state index is 0.364. The van der Waals surface area contributed by atoms with E-state index in [1.807, 2.05) is 7.05 Å². The summed E-state index contributed by atoms with van der Waals surface area (Å²) in [6.45, 7) is 4.56. The number of nitrogens with zero attached hydrogens (tertiary/aromatic N) is 1. The Morgan fingerprint density at radius 2 is 2.00 bits per heavy atom. The molecule has 0 aromatic heterocycles. The Balaban J connectivity index is 3.32. The van der Waals surface area contributed by atoms with Crippen LogP contribution in [0.1, 0.15) is 39.0 Å². The fourth-order valence-electron chi connectivity index (χ4n) is 1.59. The number of ether oxygens (including phenoxy) is 1. The zero-order chi connectivity index (χ0) is 11.5. The Hall–Kier alpha value is -0.410. The standard InChI is InChI=1S/C12H25NO2/c1-4-9-13(2)11-12(14)8-6-5-7-10-15-3/h4-11H2,1-3H3. The Morgan fingerprint density at radius 3 is 2.60 bits per heavy atom. The molecule has 0 fully saturated rings. The largest absolute Gasteiger partial charge is 0.385 e. The van der Waals surface area contributed by atoms with Gasteiger partial charge in [-0.3, -0.25) is 9.69 Å². The maximum atomic E-state index is 11.5. The lowest BCUT2D eigenvalue weighted by Gasteiger charge is -2.13. The van der Waals surface area contributed by atoms with Crippen LogP contribution in [0.3, 0.4) is 0 Å². The van der Waals surface area contributed by atoms with Crippen LogP contribution in [0.4, 0.5) is 0 Å². The third-order valence-electron chi connectivity index (χ3n) is 2.36. The van der Waals surface area contributed by atoms with Crippen LogP contribution in [0.2, 0.25) is 0 Å². The summed E-state index contributed by atoms with van der Waals surface area (Å²) in [5.74, 6) is 0.364. The minimum Gasteiger partial charge on any atom is -0.385 e. The molecule has 0 saturated carbocycles. The highest BCUT2D eigenvalue weighted by atomic mass is 16.5. The summed E-state index contributed by atoms with van der Waals surface area (Å²) in [6.07, 6.45) is 4.99. The summed E-state index contributed by atoms with van der Waals surface area (Å²) < 4.78 is 4.95. The van der Waals surface area contributed by atoms with Crippen molar-refractivity contribution in [3.8, 4) is 0 Å². The Kier molecular flexibility index (Phi) is 9.84. The first-order chi connectivity index (χ1) is 7.20. The molecule has 0 amide bonds. The molecule has 0 unspecified atom stereocenters. The van der Waals surface area contributed by atoms with Gasteiger partial charge in [-0.25, -0.2) is 0 Å². The molecule has 0 spiro atoms. The third-order valence-corrected chi connectivity index (χ3v) is 2.36. The number of likely N-dealkylation sites (N-methyl/N-ethyl adjacent to an activating group) is 1. The number of hydrogen-bond donors (Lipinski definition) is 0. The summed E-state index contributed by atoms with van der Waals surface area (Å²) >= 11 is 0. The van der Waals surface area contributed by atoms with E-state index >= 15 is 0 Å². The molecule has 0 aromatic carbocycles. The monoisotopic (exact) mass is 215 g/mol. The van der Waals surface area contributed by atoms with Gasteiger partial charge in [0.1, 0.15) is 5.78 Å². The number of unbranched alkanes of at least 4 members (excludes halogenated alkanes) is 2. The maximum absolute atomic E-state index is 11.5. The topological polar surface area (TPSA) is 29.5 Å². The van der Waals surface area contributed by atoms with Gasteiger partial charge >= 0.3 is 0 Å². The van der Waals surface area contributed by atoms with Crippen LogP contribution in [-0.4, -0.2) is 44.5 Å². The van der Waals surface area contributed by atoms with Gasteiger partial charge < -0.3 is 4.74 Å². The van der Waals surface area contributed by atoms with Crippen molar-refractivity contribution in [1.82, 2.24) is 4.90 Å². The molecule has 0 aliphatic carbocycles. The number of ketones is 1. The van der Waals surface area contributed by atoms with E-state index in [0.29, 0.717) is 12.3 Å². The van der Waals surface area contributed by atoms with Crippen LogP contribution in [-0.2, 0) is 9.53 Å². The molecular weight excluding hydrogens is 190 g/mol. The molecule has 0 aromatic rings. The predicted octanol–water partition coefficient (Wildman–Crippen LogP) is 2.10. The molecule has 0 heterocycles. The fraction of sp³-hybridized carbons (Fsp3) is 0.917. The number of carbonyl (C=O) groups is 1. The molecule has 0 aliphatic heterocycles. The Bertz CT molecular complexity index is 160. The van der Waals surface area contributed by atoms with Gasteiger partial charge in [0.2, 0.25) is 0 Å². The molecule has 0 saturated heterocycles. The van der Waals surface area contributed by atoms with Gasteiger partial charge in [0, 0.05) is 20.1 Å². The van der Waals surface area contributed by atoms with Crippen LogP contribution in [0.5, 0.6) is 0 Å². The lowest BCUT2D eigenvalue weighted by atomic mass is 10.1. The summed E-state index contributed by atoms with van der Waals surface area (Å²) in [5, 5.41) is 0. The summed E-state index contributed by atoms with van der Waals surface area (Å²) in [6, 6.07) is 0. The second-order valence-electron chi connectivity index (χ2n) is 4.08. The number of carbonyl (C=O) groups excluding carboxylic acids is 1. The number of Topliss-reactive ketones (excluding diaryl/α,β-unsaturated/α-hetero) is 1. The first kappa shape index (κ1) is 14.6. The van der Waals surface area contributed by atoms with Gasteiger partial charge in [-0.1, -0.05) is 13.3 Å². The molecule has 0 rings (SSSR count). The second kappa shape index (κ2) is 10.1. The van der Waals surface area contributed by atoms with E-state index < -0.39 is 0 Å². The third kappa shape index (κ3) is 9.88. The van der Waals surface area contributed by atoms with Crippen molar-refractivity contribution < 1.29 is 9.53 Å². The van der Waals surface area contributed by atoms with Gasteiger partial charge in [0.05, 0.1) is 6.54 Å². The SMILES string of the molecule is CCCN(C)CC(=O)CCCCCOC. The van der Waals surface area contributed by atoms with Crippen LogP contribution < -0.4 is 0 Å². The van der Waals surface area contributed by atoms with Crippen molar-refractivity contribution in [2.24, 2.45) is 0 Å². The molecule has 0 radical (unpaired) electrons. The summed E-state index contributed by atoms with van der Waals surface area (Å²) in [5.41, 5.74) is 0. The molecule has 0 bridgehead atoms. The van der Waals surface area contributed by atoms with Gasteiger partial charge in [-0.15, -0.1) is 0 Å². The molecule has 0 aliphatic rings. The molecule has 0 N–H and O–H groups in total. The van der Waals surface area contributed by atoms with E-state index in [2.05, 4.69) is 11.8 Å². The van der Waals surface area contributed by atoms with E-state index in [9.17, 15) is 4.79 Å². The van der Waals surface area contributed by atoms with E-state index in [1.54, 1.807) is 7.11 Å². The predicted molar refractivity (Wildman–Crippen MR) is 63.1 cm³/mol. The first-order valence-corrected chi connectivity index (χ1v) is 5.89. The van der Waals surface area contributed by atoms with Crippen molar-refractivity contribution in [3.05, 3.63) is 0 Å². The highest BCUT2D eigenvalue weighted by Crippen LogP contribution is 2.01. The smallest absolute Gasteiger partial charge is 0.146 e. The van der Waals surface area contributed by atoms with Crippen molar-refractivity contribution in [3.63, 3.8) is 0 Å². The number of rotatable bonds is 10. The van der Waals surface area contributed by atoms with Crippen LogP contribution >= 0.6 is 0 Å². The van der Waals surface area contributed by atoms with E-state index in [0.717, 1.165) is 45.3 Å². The van der Waals surface area contributed by atoms with Gasteiger partial charge in [-0.2, -0.15) is 0 Å². The maximum Gasteiger partial charge on any atom is 0.146 e. The summed E-state index contributed by atoms with van der Waals surface area (Å²) in [4.78, 5) is 13.6. The van der Waals surface area contributed by atoms with Crippen LogP contribution in [0.25, 0.3) is 0 Å². The Morgan fingerprint density at radius 1 is 1.27 bits per heavy atom. The molecule has 90 valence electrons. The molecule has 3 heteroatoms. The highest BCUT2D eigenvalue weighted by molar-refractivity contribution is 5.80. The van der Waals surface area contributed by atoms with Crippen molar-refractivity contribution in [2.45, 2.75) is 39.0 Å². The lowest BCUT2D eigenvalue weighted by molar-refractivity contribution is -0.120. The molecule has 0 atom stereocenters. The van der Waals surface area contributed by atoms with Crippen molar-refractivity contribution in [2.75, 3.05) is 33.9 Å². The van der Waals surface area contributed by atoms with Crippen LogP contribution in [0.15, 0.2) is 0 Å². The minimum absolute atomic E-state index is 0.364. The highest BCUT2D eigenvalue weighted by Gasteiger charge is 2.05. The second-order valence-corrected chi connectivity index (χ2v) is 4.08. The average molecular weight is 215 g/mol. The lowest BCUT2D eigenvalue weighted by Crippen LogP contribution is -2.26. The summed E-state index contributed by atoms with van der Waals surface area (Å²) in [7, 11) is 3.72. The quantitative estimate of drug-likeness (QED) is 0.523. The van der Waals surface area contributed by atoms with E-state index in [4.69, 9.17) is 4.74 Å². The van der Waals surface area contributed by atoms with Crippen LogP contribution in [0, 0.1) is 0 Å². The molecule has 3 nitrogen and oxygen atoms in total. The zero-order valence-corrected chi connectivity index (χ0v) is 10.4. The van der Waals surface area contributed by atoms with Gasteiger partial charge in [0.15, 0.2) is 0 Å². The molecule has 15 heavy (non-hydrogen) atoms. The normalized spacial score (nSPS) is 10.9. The fourth-order valence-corrected chi connectivity index (χ4v) is 1.59. The zero-order valence-electron chi connectivity index (χ0n) is 10.4. The number of hydrogen-bond acceptors (Lipinski definition) is 3. The number of methoxy groups -OCH3 is 1. The van der Waals surface area contributed by atoms with Gasteiger partial charge in [0.25, 0.3) is 0 Å². The first-order valence-electron chi connectivity index (χ1n) is 5.89. The average Bonchev–Trinajstić information content (AvgIpc) is 2.17. The van der Waals surface area contributed by atoms with Crippen molar-refractivity contribution in [1.29, 1.82) is 0 Å². The van der Waals surface area contributed by atoms with E-state index in [-0.39, 0.29) is 0 Å². The Labute approximate surface area is 93.8 Å². The molecular formula is C12H25NO2. The van der Waals surface area contributed by atoms with E-state index in [1.165, 1.54) is 0 Å². The van der Waals surface area contributed by atoms with Gasteiger partial charge in [-0.05, 0) is 32.9 Å².